The highest BCUT2D eigenvalue weighted by Crippen LogP contribution is 2.22. The summed E-state index contributed by atoms with van der Waals surface area (Å²) in [4.78, 5) is 27.9. The molecular weight excluding hydrogens is 520 g/mol. The van der Waals surface area contributed by atoms with Gasteiger partial charge in [0.2, 0.25) is 0 Å². The van der Waals surface area contributed by atoms with Crippen LogP contribution in [0.2, 0.25) is 5.02 Å². The molecule has 0 saturated heterocycles. The number of aryl methyl sites for hydroxylation is 1. The molecule has 0 saturated carbocycles. The third kappa shape index (κ3) is 11.1. The Balaban J connectivity index is 2.02. The highest BCUT2D eigenvalue weighted by Gasteiger charge is 2.33. The molecular formula is C26H35ClN2O7S. The van der Waals surface area contributed by atoms with Gasteiger partial charge in [0, 0.05) is 30.4 Å². The lowest BCUT2D eigenvalue weighted by molar-refractivity contribution is -0.137. The van der Waals surface area contributed by atoms with Crippen molar-refractivity contribution < 1.29 is 32.6 Å². The number of hydrogen-bond donors (Lipinski definition) is 1. The molecule has 11 heteroatoms. The SMILES string of the molecule is CC(C)(C)OC(=O)N(CCOCC(CCCc1cccnc1)CCC(=O)O)S(=O)(=O)c1ccc(Cl)cc1. The van der Waals surface area contributed by atoms with Crippen LogP contribution >= 0.6 is 11.6 Å². The number of benzene rings is 1. The van der Waals surface area contributed by atoms with E-state index in [-0.39, 0.29) is 37.0 Å². The van der Waals surface area contributed by atoms with E-state index in [1.807, 2.05) is 12.1 Å². The largest absolute Gasteiger partial charge is 0.481 e. The zero-order valence-electron chi connectivity index (χ0n) is 21.4. The van der Waals surface area contributed by atoms with Crippen LogP contribution in [0.5, 0.6) is 0 Å². The Morgan fingerprint density at radius 3 is 2.43 bits per heavy atom. The normalized spacial score (nSPS) is 12.6. The number of aliphatic carboxylic acids is 1. The van der Waals surface area contributed by atoms with Crippen LogP contribution in [0.4, 0.5) is 4.79 Å². The molecule has 1 aromatic carbocycles. The molecule has 1 aromatic heterocycles. The van der Waals surface area contributed by atoms with E-state index >= 15 is 0 Å². The number of hydrogen-bond acceptors (Lipinski definition) is 7. The van der Waals surface area contributed by atoms with E-state index in [2.05, 4.69) is 4.98 Å². The van der Waals surface area contributed by atoms with Gasteiger partial charge >= 0.3 is 12.1 Å². The molecule has 1 unspecified atom stereocenters. The molecule has 0 aliphatic rings. The van der Waals surface area contributed by atoms with E-state index in [4.69, 9.17) is 26.2 Å². The number of carboxylic acid groups (broad SMARTS) is 1. The molecule has 37 heavy (non-hydrogen) atoms. The topological polar surface area (TPSA) is 123 Å². The first-order chi connectivity index (χ1) is 17.4. The molecule has 0 spiro atoms. The van der Waals surface area contributed by atoms with Crippen molar-refractivity contribution in [2.75, 3.05) is 19.8 Å². The summed E-state index contributed by atoms with van der Waals surface area (Å²) in [6, 6.07) is 9.35. The number of carbonyl (C=O) groups is 2. The van der Waals surface area contributed by atoms with Crippen molar-refractivity contribution in [2.24, 2.45) is 5.92 Å². The second-order valence-corrected chi connectivity index (χ2v) is 11.9. The van der Waals surface area contributed by atoms with Crippen molar-refractivity contribution in [1.29, 1.82) is 0 Å². The Bertz CT molecular complexity index is 1100. The first-order valence-electron chi connectivity index (χ1n) is 12.1. The zero-order valence-corrected chi connectivity index (χ0v) is 23.0. The first-order valence-corrected chi connectivity index (χ1v) is 13.9. The van der Waals surface area contributed by atoms with E-state index in [0.717, 1.165) is 24.8 Å². The van der Waals surface area contributed by atoms with Gasteiger partial charge < -0.3 is 14.6 Å². The minimum Gasteiger partial charge on any atom is -0.481 e. The van der Waals surface area contributed by atoms with Crippen LogP contribution in [0.3, 0.4) is 0 Å². The van der Waals surface area contributed by atoms with Crippen LogP contribution in [0.15, 0.2) is 53.7 Å². The van der Waals surface area contributed by atoms with Crippen molar-refractivity contribution in [3.63, 3.8) is 0 Å². The number of aromatic nitrogens is 1. The molecule has 9 nitrogen and oxygen atoms in total. The molecule has 2 rings (SSSR count). The van der Waals surface area contributed by atoms with Gasteiger partial charge in [-0.15, -0.1) is 0 Å². The van der Waals surface area contributed by atoms with Crippen LogP contribution in [0.1, 0.15) is 52.0 Å². The number of amides is 1. The first kappa shape index (κ1) is 30.5. The quantitative estimate of drug-likeness (QED) is 0.317. The summed E-state index contributed by atoms with van der Waals surface area (Å²) < 4.78 is 38.1. The smallest absolute Gasteiger partial charge is 0.424 e. The molecule has 1 heterocycles. The highest BCUT2D eigenvalue weighted by atomic mass is 35.5. The number of halogens is 1. The summed E-state index contributed by atoms with van der Waals surface area (Å²) >= 11 is 5.88. The Morgan fingerprint density at radius 2 is 1.84 bits per heavy atom. The molecule has 1 atom stereocenters. The summed E-state index contributed by atoms with van der Waals surface area (Å²) in [5, 5.41) is 9.46. The summed E-state index contributed by atoms with van der Waals surface area (Å²) in [6.07, 6.45) is 5.32. The lowest BCUT2D eigenvalue weighted by atomic mass is 9.96. The second-order valence-electron chi connectivity index (χ2n) is 9.64. The maximum absolute atomic E-state index is 13.2. The van der Waals surface area contributed by atoms with Crippen LogP contribution in [0, 0.1) is 5.92 Å². The maximum Gasteiger partial charge on any atom is 0.424 e. The Hall–Kier alpha value is -2.69. The Morgan fingerprint density at radius 1 is 1.14 bits per heavy atom. The van der Waals surface area contributed by atoms with Crippen molar-refractivity contribution in [2.45, 2.75) is 63.4 Å². The van der Waals surface area contributed by atoms with Crippen LogP contribution in [-0.4, -0.2) is 60.2 Å². The maximum atomic E-state index is 13.2. The summed E-state index contributed by atoms with van der Waals surface area (Å²) in [5.74, 6) is -0.918. The van der Waals surface area contributed by atoms with Crippen molar-refractivity contribution >= 4 is 33.7 Å². The van der Waals surface area contributed by atoms with Crippen molar-refractivity contribution in [1.82, 2.24) is 9.29 Å². The molecule has 0 bridgehead atoms. The summed E-state index contributed by atoms with van der Waals surface area (Å²) in [6.45, 7) is 4.84. The third-order valence-corrected chi connectivity index (χ3v) is 7.39. The van der Waals surface area contributed by atoms with E-state index in [0.29, 0.717) is 15.7 Å². The lowest BCUT2D eigenvalue weighted by Crippen LogP contribution is -2.42. The van der Waals surface area contributed by atoms with Gasteiger partial charge in [-0.3, -0.25) is 9.78 Å². The molecule has 0 aliphatic heterocycles. The highest BCUT2D eigenvalue weighted by molar-refractivity contribution is 7.89. The van der Waals surface area contributed by atoms with Gasteiger partial charge in [0.25, 0.3) is 10.0 Å². The molecule has 1 N–H and O–H groups in total. The van der Waals surface area contributed by atoms with E-state index < -0.39 is 27.7 Å². The van der Waals surface area contributed by atoms with E-state index in [1.165, 1.54) is 24.3 Å². The van der Waals surface area contributed by atoms with Gasteiger partial charge in [0.1, 0.15) is 5.60 Å². The Kier molecular flexibility index (Phi) is 11.8. The lowest BCUT2D eigenvalue weighted by Gasteiger charge is -2.27. The predicted molar refractivity (Wildman–Crippen MR) is 140 cm³/mol. The number of carboxylic acids is 1. The molecule has 0 aliphatic carbocycles. The van der Waals surface area contributed by atoms with Gasteiger partial charge in [-0.25, -0.2) is 13.2 Å². The van der Waals surface area contributed by atoms with E-state index in [1.54, 1.807) is 33.2 Å². The van der Waals surface area contributed by atoms with Gasteiger partial charge in [-0.05, 0) is 88.3 Å². The standard InChI is InChI=1S/C26H35ClN2O7S/c1-26(2,3)36-25(32)29(37(33,34)23-12-10-22(27)11-13-23)16-17-35-19-21(9-14-24(30)31)7-4-6-20-8-5-15-28-18-20/h5,8,10-13,15,18,21H,4,6-7,9,14,16-17,19H2,1-3H3,(H,30,31). The Labute approximate surface area is 223 Å². The van der Waals surface area contributed by atoms with Gasteiger partial charge in [-0.2, -0.15) is 4.31 Å². The number of pyridine rings is 1. The molecule has 1 amide bonds. The molecule has 2 aromatic rings. The number of carbonyl (C=O) groups excluding carboxylic acids is 1. The average molecular weight is 555 g/mol. The number of ether oxygens (including phenoxy) is 2. The van der Waals surface area contributed by atoms with E-state index in [9.17, 15) is 18.0 Å². The van der Waals surface area contributed by atoms with Gasteiger partial charge in [-0.1, -0.05) is 17.7 Å². The minimum atomic E-state index is -4.22. The van der Waals surface area contributed by atoms with Crippen molar-refractivity contribution in [3.8, 4) is 0 Å². The third-order valence-electron chi connectivity index (χ3n) is 5.36. The number of rotatable bonds is 14. The summed E-state index contributed by atoms with van der Waals surface area (Å²) in [7, 11) is -4.22. The van der Waals surface area contributed by atoms with Crippen LogP contribution in [0.25, 0.3) is 0 Å². The molecule has 0 radical (unpaired) electrons. The fraction of sp³-hybridized carbons (Fsp3) is 0.500. The zero-order chi connectivity index (χ0) is 27.5. The number of sulfonamides is 1. The van der Waals surface area contributed by atoms with Gasteiger partial charge in [0.05, 0.1) is 18.0 Å². The number of nitrogens with zero attached hydrogens (tertiary/aromatic N) is 2. The summed E-state index contributed by atoms with van der Waals surface area (Å²) in [5.41, 5.74) is 0.197. The van der Waals surface area contributed by atoms with Gasteiger partial charge in [0.15, 0.2) is 0 Å². The average Bonchev–Trinajstić information content (AvgIpc) is 2.81. The van der Waals surface area contributed by atoms with Crippen LogP contribution in [-0.2, 0) is 30.7 Å². The predicted octanol–water partition coefficient (Wildman–Crippen LogP) is 5.18. The fourth-order valence-electron chi connectivity index (χ4n) is 3.53. The fourth-order valence-corrected chi connectivity index (χ4v) is 4.94. The molecule has 0 fully saturated rings. The van der Waals surface area contributed by atoms with Crippen LogP contribution < -0.4 is 0 Å². The minimum absolute atomic E-state index is 0.00982. The second kappa shape index (κ2) is 14.3. The van der Waals surface area contributed by atoms with Crippen molar-refractivity contribution in [3.05, 3.63) is 59.4 Å². The molecule has 204 valence electrons. The monoisotopic (exact) mass is 554 g/mol.